The number of hydroxylamine groups is 2. The number of hydrogen-bond acceptors (Lipinski definition) is 16. The molecule has 0 aromatic heterocycles. The summed E-state index contributed by atoms with van der Waals surface area (Å²) < 4.78 is 146. The van der Waals surface area contributed by atoms with Crippen LogP contribution in [-0.2, 0) is 75.3 Å². The topological polar surface area (TPSA) is 302 Å². The van der Waals surface area contributed by atoms with Gasteiger partial charge in [0.05, 0.1) is 37.7 Å². The molecule has 3 aliphatic rings. The number of allylic oxidation sites excluding steroid dienone is 8. The van der Waals surface area contributed by atoms with Crippen LogP contribution in [-0.4, -0.2) is 123 Å². The predicted octanol–water partition coefficient (Wildman–Crippen LogP) is -3.24. The molecule has 0 radical (unpaired) electrons. The number of nitrogens with zero attached hydrogens (tertiary/aromatic N) is 3. The third kappa shape index (κ3) is 18.9. The molecule has 2 atom stereocenters. The molecule has 2 aromatic rings. The van der Waals surface area contributed by atoms with Gasteiger partial charge in [-0.05, 0) is 94.3 Å². The Balaban J connectivity index is 0.00000684. The van der Waals surface area contributed by atoms with E-state index >= 15 is 0 Å². The van der Waals surface area contributed by atoms with Crippen LogP contribution in [0.2, 0.25) is 0 Å². The van der Waals surface area contributed by atoms with Gasteiger partial charge in [0, 0.05) is 79.6 Å². The Morgan fingerprint density at radius 1 is 0.743 bits per heavy atom. The van der Waals surface area contributed by atoms with Crippen molar-refractivity contribution in [2.75, 3.05) is 43.2 Å². The van der Waals surface area contributed by atoms with Crippen LogP contribution < -0.4 is 93.6 Å². The number of benzene rings is 2. The van der Waals surface area contributed by atoms with E-state index in [0.717, 1.165) is 0 Å². The SMILES string of the molecule is C.COCCN1C(=CC=CC=CC=CC2=[N+](CCCCCCCC(=O)ON3C(=O)CCC3=O)c3ccc(S(=O)(=O)[O-])cc3C2(C)CCCS(=O)(=O)[O-])C(C)(CCCS(=O)(=O)O)c2cc(S(=O)(=O)O)ccc21.[Na+].[Na+].[Na+]. The van der Waals surface area contributed by atoms with E-state index in [0.29, 0.717) is 84.2 Å². The number of methoxy groups -OCH3 is 1. The fourth-order valence-electron chi connectivity index (χ4n) is 9.14. The second-order valence-corrected chi connectivity index (χ2v) is 23.5. The molecule has 0 bridgehead atoms. The van der Waals surface area contributed by atoms with E-state index in [1.54, 1.807) is 62.4 Å². The fraction of sp³-hybridized carbons (Fsp3) is 0.489. The van der Waals surface area contributed by atoms with Crippen molar-refractivity contribution in [2.45, 2.75) is 119 Å². The summed E-state index contributed by atoms with van der Waals surface area (Å²) >= 11 is 0. The molecule has 2 N–H and O–H groups in total. The zero-order valence-electron chi connectivity index (χ0n) is 42.0. The van der Waals surface area contributed by atoms with Gasteiger partial charge in [0.2, 0.25) is 5.69 Å². The second-order valence-electron chi connectivity index (χ2n) is 17.6. The summed E-state index contributed by atoms with van der Waals surface area (Å²) in [6.07, 6.45) is 15.4. The van der Waals surface area contributed by atoms with Crippen molar-refractivity contribution in [3.8, 4) is 0 Å². The minimum atomic E-state index is -4.90. The van der Waals surface area contributed by atoms with Gasteiger partial charge < -0.3 is 23.6 Å². The Labute approximate surface area is 502 Å². The average Bonchev–Trinajstić information content (AvgIpc) is 3.79. The Hall–Kier alpha value is -1.92. The molecule has 2 aromatic carbocycles. The molecule has 0 saturated carbocycles. The second kappa shape index (κ2) is 29.9. The largest absolute Gasteiger partial charge is 1.00 e. The van der Waals surface area contributed by atoms with Crippen LogP contribution in [0.1, 0.15) is 109 Å². The summed E-state index contributed by atoms with van der Waals surface area (Å²) in [5, 5.41) is 0.508. The normalized spacial score (nSPS) is 19.5. The number of amides is 2. The van der Waals surface area contributed by atoms with Gasteiger partial charge >= 0.3 is 94.6 Å². The molecular formula is C47H62N3Na3O17S4+2. The molecule has 1 saturated heterocycles. The third-order valence-corrected chi connectivity index (χ3v) is 15.9. The molecule has 3 heterocycles. The summed E-state index contributed by atoms with van der Waals surface area (Å²) in [6, 6.07) is 8.17. The van der Waals surface area contributed by atoms with Gasteiger partial charge in [-0.25, -0.2) is 21.6 Å². The van der Waals surface area contributed by atoms with Crippen LogP contribution in [0.25, 0.3) is 0 Å². The Morgan fingerprint density at radius 2 is 1.31 bits per heavy atom. The standard InChI is InChI=1S/C46H59N3O17S4.CH4.3Na/c1-45(25-14-30-67(53,54)55)36-32-34(69(59,60)61)19-21-38(36)47(27-13-9-5-8-12-18-44(52)66-49-42(50)23-24-43(49)51)40(45)16-10-6-4-7-11-17-41-46(2,26-15-31-68(56,57)58)37-33-35(70(62,63)64)20-22-39(37)48(41)28-29-65-3;;;;/h4,6-7,10-11,16-17,19-22,32-33H,5,8-9,12-15,18,23-31H2,1-3H3,(H3-,53,54,55,56,57,58,59,60,61,62,63,64);1H4;;;/q;;3*+1/p-1. The van der Waals surface area contributed by atoms with E-state index in [-0.39, 0.29) is 153 Å². The minimum Gasteiger partial charge on any atom is -0.748 e. The van der Waals surface area contributed by atoms with E-state index in [1.165, 1.54) is 37.4 Å². The van der Waals surface area contributed by atoms with E-state index in [1.807, 2.05) is 9.48 Å². The number of hydrogen-bond donors (Lipinski definition) is 2. The molecule has 392 valence electrons. The molecule has 27 heteroatoms. The Kier molecular flexibility index (Phi) is 28.3. The minimum absolute atomic E-state index is 0. The summed E-state index contributed by atoms with van der Waals surface area (Å²) in [5.74, 6) is -3.03. The number of ether oxygens (including phenoxy) is 1. The van der Waals surface area contributed by atoms with Gasteiger partial charge in [-0.3, -0.25) is 18.7 Å². The molecule has 20 nitrogen and oxygen atoms in total. The number of carbonyl (C=O) groups is 3. The van der Waals surface area contributed by atoms with Crippen molar-refractivity contribution in [1.29, 1.82) is 0 Å². The zero-order valence-corrected chi connectivity index (χ0v) is 51.3. The van der Waals surface area contributed by atoms with Crippen molar-refractivity contribution in [1.82, 2.24) is 5.06 Å². The van der Waals surface area contributed by atoms with E-state index < -0.39 is 85.5 Å². The molecular weight excluding hydrogens is 1080 g/mol. The molecule has 5 rings (SSSR count). The van der Waals surface area contributed by atoms with Gasteiger partial charge in [0.1, 0.15) is 16.7 Å². The summed E-state index contributed by atoms with van der Waals surface area (Å²) in [5.41, 5.74) is 1.40. The van der Waals surface area contributed by atoms with E-state index in [2.05, 4.69) is 0 Å². The molecule has 1 fully saturated rings. The van der Waals surface area contributed by atoms with Crippen molar-refractivity contribution in [2.24, 2.45) is 0 Å². The summed E-state index contributed by atoms with van der Waals surface area (Å²) in [4.78, 5) is 41.8. The van der Waals surface area contributed by atoms with E-state index in [4.69, 9.17) is 9.57 Å². The zero-order chi connectivity index (χ0) is 51.7. The van der Waals surface area contributed by atoms with Crippen molar-refractivity contribution in [3.05, 3.63) is 95.8 Å². The first-order chi connectivity index (χ1) is 32.7. The monoisotopic (exact) mass is 1140 g/mol. The molecule has 2 unspecified atom stereocenters. The first-order valence-corrected chi connectivity index (χ1v) is 28.5. The maximum absolute atomic E-state index is 12.2. The smallest absolute Gasteiger partial charge is 0.748 e. The molecule has 74 heavy (non-hydrogen) atoms. The number of imide groups is 1. The van der Waals surface area contributed by atoms with Gasteiger partial charge in [-0.1, -0.05) is 50.6 Å². The Morgan fingerprint density at radius 3 is 1.92 bits per heavy atom. The summed E-state index contributed by atoms with van der Waals surface area (Å²) in [6.45, 7) is 4.58. The van der Waals surface area contributed by atoms with Crippen LogP contribution in [0.5, 0.6) is 0 Å². The first kappa shape index (κ1) is 70.1. The summed E-state index contributed by atoms with van der Waals surface area (Å²) in [7, 11) is -16.9. The fourth-order valence-corrected chi connectivity index (χ4v) is 11.2. The first-order valence-electron chi connectivity index (χ1n) is 22.5. The number of unbranched alkanes of at least 4 members (excludes halogenated alkanes) is 4. The maximum atomic E-state index is 12.2. The van der Waals surface area contributed by atoms with Crippen LogP contribution in [0, 0.1) is 0 Å². The van der Waals surface area contributed by atoms with Gasteiger partial charge in [-0.2, -0.15) is 21.4 Å². The van der Waals surface area contributed by atoms with Gasteiger partial charge in [0.25, 0.3) is 32.1 Å². The van der Waals surface area contributed by atoms with Crippen molar-refractivity contribution >= 4 is 75.3 Å². The van der Waals surface area contributed by atoms with Gasteiger partial charge in [-0.15, -0.1) is 5.06 Å². The maximum Gasteiger partial charge on any atom is 1.00 e. The predicted molar refractivity (Wildman–Crippen MR) is 261 cm³/mol. The van der Waals surface area contributed by atoms with Crippen molar-refractivity contribution in [3.63, 3.8) is 0 Å². The molecule has 0 aliphatic carbocycles. The number of anilines is 1. The third-order valence-electron chi connectivity index (χ3n) is 12.6. The average molecular weight is 1140 g/mol. The van der Waals surface area contributed by atoms with E-state index in [9.17, 15) is 66.3 Å². The number of rotatable bonds is 26. The van der Waals surface area contributed by atoms with Crippen molar-refractivity contribution < 1.29 is 169 Å². The molecule has 3 aliphatic heterocycles. The molecule has 2 amide bonds. The Bertz CT molecular complexity index is 2950. The molecule has 0 spiro atoms. The quantitative estimate of drug-likeness (QED) is 0.0234. The van der Waals surface area contributed by atoms with Crippen LogP contribution in [0.4, 0.5) is 11.4 Å². The number of fused-ring (bicyclic) bond motifs is 2. The van der Waals surface area contributed by atoms with Crippen LogP contribution in [0.3, 0.4) is 0 Å². The van der Waals surface area contributed by atoms with Crippen LogP contribution >= 0.6 is 0 Å². The van der Waals surface area contributed by atoms with Crippen LogP contribution in [0.15, 0.2) is 94.4 Å². The number of carbonyl (C=O) groups excluding carboxylic acids is 3. The van der Waals surface area contributed by atoms with Gasteiger partial charge in [0.15, 0.2) is 5.71 Å².